The summed E-state index contributed by atoms with van der Waals surface area (Å²) in [7, 11) is -2.21. The van der Waals surface area contributed by atoms with Crippen LogP contribution >= 0.6 is 0 Å². The molecule has 0 unspecified atom stereocenters. The predicted molar refractivity (Wildman–Crippen MR) is 117 cm³/mol. The van der Waals surface area contributed by atoms with E-state index in [-0.39, 0.29) is 10.8 Å². The number of nitrogens with zero attached hydrogens (tertiary/aromatic N) is 3. The van der Waals surface area contributed by atoms with Crippen LogP contribution in [0.25, 0.3) is 0 Å². The zero-order valence-electron chi connectivity index (χ0n) is 17.1. The van der Waals surface area contributed by atoms with Crippen LogP contribution in [0.15, 0.2) is 72.1 Å². The molecule has 1 N–H and O–H groups in total. The Kier molecular flexibility index (Phi) is 5.94. The number of carbonyl (C=O) groups is 1. The van der Waals surface area contributed by atoms with Gasteiger partial charge in [-0.25, -0.2) is 13.4 Å². The van der Waals surface area contributed by atoms with Crippen LogP contribution in [0.4, 0.5) is 5.69 Å². The molecular weight excluding hydrogens is 416 g/mol. The summed E-state index contributed by atoms with van der Waals surface area (Å²) in [6.45, 7) is 1.31. The number of carbonyl (C=O) groups excluding carboxylic acids is 1. The van der Waals surface area contributed by atoms with Crippen LogP contribution in [0.1, 0.15) is 29.2 Å². The SMILES string of the molecule is COc1ccc(NS(=O)(=O)c2ccc(C(=O)N3CCC(n4ccnc4)CC3)cc2)cc1. The summed E-state index contributed by atoms with van der Waals surface area (Å²) in [4.78, 5) is 18.8. The van der Waals surface area contributed by atoms with Crippen LogP contribution in [-0.2, 0) is 10.0 Å². The number of anilines is 1. The van der Waals surface area contributed by atoms with E-state index >= 15 is 0 Å². The van der Waals surface area contributed by atoms with Gasteiger partial charge >= 0.3 is 0 Å². The minimum atomic E-state index is -3.76. The van der Waals surface area contributed by atoms with E-state index in [1.807, 2.05) is 11.1 Å². The molecule has 1 aliphatic rings. The maximum Gasteiger partial charge on any atom is 0.261 e. The number of sulfonamides is 1. The van der Waals surface area contributed by atoms with Gasteiger partial charge in [0.25, 0.3) is 15.9 Å². The number of benzene rings is 2. The van der Waals surface area contributed by atoms with Crippen molar-refractivity contribution in [1.29, 1.82) is 0 Å². The highest BCUT2D eigenvalue weighted by atomic mass is 32.2. The number of imidazole rings is 1. The number of amides is 1. The van der Waals surface area contributed by atoms with Crippen molar-refractivity contribution in [2.45, 2.75) is 23.8 Å². The number of hydrogen-bond acceptors (Lipinski definition) is 5. The van der Waals surface area contributed by atoms with Gasteiger partial charge in [0, 0.05) is 42.8 Å². The van der Waals surface area contributed by atoms with E-state index in [2.05, 4.69) is 14.3 Å². The predicted octanol–water partition coefficient (Wildman–Crippen LogP) is 3.17. The van der Waals surface area contributed by atoms with Crippen molar-refractivity contribution in [1.82, 2.24) is 14.5 Å². The van der Waals surface area contributed by atoms with Crippen LogP contribution in [0.3, 0.4) is 0 Å². The summed E-state index contributed by atoms with van der Waals surface area (Å²) in [6.07, 6.45) is 7.24. The summed E-state index contributed by atoms with van der Waals surface area (Å²) < 4.78 is 35.0. The van der Waals surface area contributed by atoms with Gasteiger partial charge in [-0.15, -0.1) is 0 Å². The molecule has 1 fully saturated rings. The number of aromatic nitrogens is 2. The second kappa shape index (κ2) is 8.81. The van der Waals surface area contributed by atoms with Crippen molar-refractivity contribution in [2.75, 3.05) is 24.9 Å². The maximum atomic E-state index is 12.8. The molecule has 1 amide bonds. The number of rotatable bonds is 6. The fraction of sp³-hybridized carbons (Fsp3) is 0.273. The van der Waals surface area contributed by atoms with E-state index in [0.29, 0.717) is 36.1 Å². The zero-order valence-corrected chi connectivity index (χ0v) is 18.0. The molecule has 1 aromatic heterocycles. The number of ether oxygens (including phenoxy) is 1. The maximum absolute atomic E-state index is 12.8. The van der Waals surface area contributed by atoms with E-state index in [4.69, 9.17) is 4.74 Å². The topological polar surface area (TPSA) is 93.5 Å². The Morgan fingerprint density at radius 3 is 2.32 bits per heavy atom. The number of methoxy groups -OCH3 is 1. The number of nitrogens with one attached hydrogen (secondary N) is 1. The summed E-state index contributed by atoms with van der Waals surface area (Å²) >= 11 is 0. The second-order valence-corrected chi connectivity index (χ2v) is 9.07. The van der Waals surface area contributed by atoms with Gasteiger partial charge < -0.3 is 14.2 Å². The van der Waals surface area contributed by atoms with E-state index in [1.165, 1.54) is 12.1 Å². The molecule has 1 aliphatic heterocycles. The zero-order chi connectivity index (χ0) is 21.8. The summed E-state index contributed by atoms with van der Waals surface area (Å²) in [5, 5.41) is 0. The lowest BCUT2D eigenvalue weighted by Crippen LogP contribution is -2.38. The third-order valence-corrected chi connectivity index (χ3v) is 6.85. The molecule has 9 heteroatoms. The normalized spacial score (nSPS) is 14.9. The highest BCUT2D eigenvalue weighted by molar-refractivity contribution is 7.92. The van der Waals surface area contributed by atoms with E-state index < -0.39 is 10.0 Å². The lowest BCUT2D eigenvalue weighted by Gasteiger charge is -2.32. The number of likely N-dealkylation sites (tertiary alicyclic amines) is 1. The van der Waals surface area contributed by atoms with Crippen molar-refractivity contribution in [2.24, 2.45) is 0 Å². The van der Waals surface area contributed by atoms with Crippen molar-refractivity contribution in [3.8, 4) is 5.75 Å². The van der Waals surface area contributed by atoms with E-state index in [1.54, 1.807) is 56.0 Å². The minimum Gasteiger partial charge on any atom is -0.497 e. The molecule has 2 heterocycles. The fourth-order valence-electron chi connectivity index (χ4n) is 3.68. The molecule has 0 atom stereocenters. The van der Waals surface area contributed by atoms with Crippen molar-refractivity contribution < 1.29 is 17.9 Å². The smallest absolute Gasteiger partial charge is 0.261 e. The summed E-state index contributed by atoms with van der Waals surface area (Å²) in [6, 6.07) is 13.0. The highest BCUT2D eigenvalue weighted by Gasteiger charge is 2.25. The lowest BCUT2D eigenvalue weighted by molar-refractivity contribution is 0.0694. The van der Waals surface area contributed by atoms with Crippen LogP contribution in [0.5, 0.6) is 5.75 Å². The van der Waals surface area contributed by atoms with Gasteiger partial charge in [-0.2, -0.15) is 0 Å². The quantitative estimate of drug-likeness (QED) is 0.635. The summed E-state index contributed by atoms with van der Waals surface area (Å²) in [5.74, 6) is 0.552. The average molecular weight is 441 g/mol. The van der Waals surface area contributed by atoms with Crippen molar-refractivity contribution >= 4 is 21.6 Å². The third kappa shape index (κ3) is 4.72. The number of piperidine rings is 1. The molecule has 0 saturated carbocycles. The Bertz CT molecular complexity index is 1120. The first kappa shape index (κ1) is 20.9. The first-order valence-electron chi connectivity index (χ1n) is 10.00. The standard InChI is InChI=1S/C22H24N4O4S/c1-30-20-6-4-18(5-7-20)24-31(28,29)21-8-2-17(3-9-21)22(27)25-13-10-19(11-14-25)26-15-12-23-16-26/h2-9,12,15-16,19,24H,10-11,13-14H2,1H3. The van der Waals surface area contributed by atoms with E-state index in [0.717, 1.165) is 12.8 Å². The van der Waals surface area contributed by atoms with Gasteiger partial charge in [-0.1, -0.05) is 0 Å². The molecule has 2 aromatic carbocycles. The van der Waals surface area contributed by atoms with Crippen LogP contribution in [0, 0.1) is 0 Å². The van der Waals surface area contributed by atoms with Crippen LogP contribution in [0.2, 0.25) is 0 Å². The Morgan fingerprint density at radius 2 is 1.74 bits per heavy atom. The third-order valence-electron chi connectivity index (χ3n) is 5.45. The summed E-state index contributed by atoms with van der Waals surface area (Å²) in [5.41, 5.74) is 0.909. The molecule has 162 valence electrons. The van der Waals surface area contributed by atoms with Gasteiger partial charge in [-0.05, 0) is 61.4 Å². The molecule has 31 heavy (non-hydrogen) atoms. The average Bonchev–Trinajstić information content (AvgIpc) is 3.34. The van der Waals surface area contributed by atoms with Gasteiger partial charge in [0.05, 0.1) is 18.3 Å². The monoisotopic (exact) mass is 440 g/mol. The molecular formula is C22H24N4O4S. The molecule has 3 aromatic rings. The van der Waals surface area contributed by atoms with Crippen LogP contribution < -0.4 is 9.46 Å². The van der Waals surface area contributed by atoms with Gasteiger partial charge in [0.15, 0.2) is 0 Å². The van der Waals surface area contributed by atoms with Gasteiger partial charge in [0.2, 0.25) is 0 Å². The largest absolute Gasteiger partial charge is 0.497 e. The number of hydrogen-bond donors (Lipinski definition) is 1. The first-order valence-corrected chi connectivity index (χ1v) is 11.5. The van der Waals surface area contributed by atoms with Gasteiger partial charge in [-0.3, -0.25) is 9.52 Å². The molecule has 0 bridgehead atoms. The molecule has 4 rings (SSSR count). The molecule has 8 nitrogen and oxygen atoms in total. The Balaban J connectivity index is 1.39. The van der Waals surface area contributed by atoms with E-state index in [9.17, 15) is 13.2 Å². The van der Waals surface area contributed by atoms with Gasteiger partial charge in [0.1, 0.15) is 5.75 Å². The van der Waals surface area contributed by atoms with Crippen molar-refractivity contribution in [3.63, 3.8) is 0 Å². The fourth-order valence-corrected chi connectivity index (χ4v) is 4.74. The first-order chi connectivity index (χ1) is 15.0. The second-order valence-electron chi connectivity index (χ2n) is 7.39. The Labute approximate surface area is 181 Å². The Hall–Kier alpha value is -3.33. The van der Waals surface area contributed by atoms with Crippen LogP contribution in [-0.4, -0.2) is 49.0 Å². The minimum absolute atomic E-state index is 0.0869. The molecule has 1 saturated heterocycles. The molecule has 0 spiro atoms. The van der Waals surface area contributed by atoms with Crippen molar-refractivity contribution in [3.05, 3.63) is 72.8 Å². The molecule has 0 aliphatic carbocycles. The lowest BCUT2D eigenvalue weighted by atomic mass is 10.0. The Morgan fingerprint density at radius 1 is 1.06 bits per heavy atom. The molecule has 0 radical (unpaired) electrons. The highest BCUT2D eigenvalue weighted by Crippen LogP contribution is 2.24.